The van der Waals surface area contributed by atoms with Crippen LogP contribution in [-0.4, -0.2) is 53.8 Å². The first-order chi connectivity index (χ1) is 18.7. The molecule has 1 aliphatic rings. The largest absolute Gasteiger partial charge is 0.495 e. The minimum absolute atomic E-state index is 0.127. The van der Waals surface area contributed by atoms with Crippen LogP contribution in [0.3, 0.4) is 0 Å². The van der Waals surface area contributed by atoms with Gasteiger partial charge in [-0.25, -0.2) is 21.6 Å². The van der Waals surface area contributed by atoms with Gasteiger partial charge in [-0.15, -0.1) is 0 Å². The van der Waals surface area contributed by atoms with E-state index >= 15 is 0 Å². The van der Waals surface area contributed by atoms with Crippen LogP contribution in [0, 0.1) is 0 Å². The van der Waals surface area contributed by atoms with Crippen molar-refractivity contribution < 1.29 is 26.4 Å². The van der Waals surface area contributed by atoms with Crippen LogP contribution in [0.2, 0.25) is 0 Å². The lowest BCUT2D eigenvalue weighted by atomic mass is 10.2. The zero-order chi connectivity index (χ0) is 27.9. The van der Waals surface area contributed by atoms with Gasteiger partial charge in [-0.1, -0.05) is 48.9 Å². The van der Waals surface area contributed by atoms with Crippen LogP contribution in [0.1, 0.15) is 40.7 Å². The fraction of sp³-hybridized carbons (Fsp3) is 0.321. The average Bonchev–Trinajstić information content (AvgIpc) is 2.96. The van der Waals surface area contributed by atoms with Crippen molar-refractivity contribution in [2.24, 2.45) is 0 Å². The van der Waals surface area contributed by atoms with Gasteiger partial charge >= 0.3 is 0 Å². The Kier molecular flexibility index (Phi) is 9.39. The van der Waals surface area contributed by atoms with Gasteiger partial charge in [-0.05, 0) is 60.7 Å². The van der Waals surface area contributed by atoms with E-state index in [-0.39, 0.29) is 34.2 Å². The standard InChI is InChI=1S/C28H33N3O6S2/c1-37-26-15-12-24(20-27(26)38(33,34)30-17-16-22-8-4-2-5-9-22)28(32)29-21-23-10-13-25(14-11-23)39(35,36)31-18-6-3-7-19-31/h2,4-5,8-15,20,30H,3,6-7,16-19,21H2,1H3,(H,29,32). The highest BCUT2D eigenvalue weighted by atomic mass is 32.2. The minimum Gasteiger partial charge on any atom is -0.495 e. The van der Waals surface area contributed by atoms with E-state index in [2.05, 4.69) is 10.0 Å². The first-order valence-corrected chi connectivity index (χ1v) is 15.7. The second-order valence-electron chi connectivity index (χ2n) is 9.29. The van der Waals surface area contributed by atoms with Gasteiger partial charge in [0.25, 0.3) is 5.91 Å². The van der Waals surface area contributed by atoms with Gasteiger partial charge in [0, 0.05) is 31.7 Å². The molecule has 1 heterocycles. The summed E-state index contributed by atoms with van der Waals surface area (Å²) in [7, 11) is -6.10. The molecule has 9 nitrogen and oxygen atoms in total. The zero-order valence-corrected chi connectivity index (χ0v) is 23.4. The lowest BCUT2D eigenvalue weighted by molar-refractivity contribution is 0.0950. The number of hydrogen-bond acceptors (Lipinski definition) is 6. The molecule has 0 saturated carbocycles. The summed E-state index contributed by atoms with van der Waals surface area (Å²) in [6, 6.07) is 20.2. The lowest BCUT2D eigenvalue weighted by Crippen LogP contribution is -2.35. The number of sulfonamides is 2. The predicted octanol–water partition coefficient (Wildman–Crippen LogP) is 3.32. The molecule has 0 radical (unpaired) electrons. The number of carbonyl (C=O) groups excluding carboxylic acids is 1. The highest BCUT2D eigenvalue weighted by molar-refractivity contribution is 7.89. The molecule has 3 aromatic carbocycles. The molecule has 1 amide bonds. The Balaban J connectivity index is 1.40. The Hall–Kier alpha value is -3.25. The van der Waals surface area contributed by atoms with E-state index in [1.807, 2.05) is 30.3 Å². The van der Waals surface area contributed by atoms with E-state index in [4.69, 9.17) is 4.74 Å². The summed E-state index contributed by atoms with van der Waals surface area (Å²) in [5.74, 6) is -0.340. The predicted molar refractivity (Wildman–Crippen MR) is 149 cm³/mol. The molecule has 3 aromatic rings. The average molecular weight is 572 g/mol. The topological polar surface area (TPSA) is 122 Å². The van der Waals surface area contributed by atoms with Crippen LogP contribution in [0.5, 0.6) is 5.75 Å². The van der Waals surface area contributed by atoms with Gasteiger partial charge in [0.1, 0.15) is 10.6 Å². The number of rotatable bonds is 11. The van der Waals surface area contributed by atoms with Gasteiger partial charge in [0.2, 0.25) is 20.0 Å². The Morgan fingerprint density at radius 3 is 2.23 bits per heavy atom. The SMILES string of the molecule is COc1ccc(C(=O)NCc2ccc(S(=O)(=O)N3CCCCC3)cc2)cc1S(=O)(=O)NCCc1ccccc1. The third-order valence-electron chi connectivity index (χ3n) is 6.59. The molecule has 2 N–H and O–H groups in total. The molecule has 0 spiro atoms. The number of nitrogens with one attached hydrogen (secondary N) is 2. The van der Waals surface area contributed by atoms with Gasteiger partial charge in [-0.3, -0.25) is 4.79 Å². The fourth-order valence-corrected chi connectivity index (χ4v) is 7.14. The monoisotopic (exact) mass is 571 g/mol. The van der Waals surface area contributed by atoms with Crippen LogP contribution in [0.15, 0.2) is 82.6 Å². The summed E-state index contributed by atoms with van der Waals surface area (Å²) in [6.45, 7) is 1.40. The van der Waals surface area contributed by atoms with Crippen LogP contribution in [0.25, 0.3) is 0 Å². The molecule has 0 bridgehead atoms. The van der Waals surface area contributed by atoms with Crippen LogP contribution in [0.4, 0.5) is 0 Å². The van der Waals surface area contributed by atoms with Gasteiger partial charge in [0.15, 0.2) is 0 Å². The first-order valence-electron chi connectivity index (χ1n) is 12.8. The Labute approximate surface area is 230 Å². The maximum absolute atomic E-state index is 13.0. The van der Waals surface area contributed by atoms with E-state index in [1.165, 1.54) is 29.6 Å². The Bertz CT molecular complexity index is 1490. The Morgan fingerprint density at radius 2 is 1.56 bits per heavy atom. The number of benzene rings is 3. The number of ether oxygens (including phenoxy) is 1. The van der Waals surface area contributed by atoms with Crippen LogP contribution >= 0.6 is 0 Å². The highest BCUT2D eigenvalue weighted by Gasteiger charge is 2.26. The highest BCUT2D eigenvalue weighted by Crippen LogP contribution is 2.25. The summed E-state index contributed by atoms with van der Waals surface area (Å²) < 4.78 is 61.0. The van der Waals surface area contributed by atoms with Crippen molar-refractivity contribution in [3.63, 3.8) is 0 Å². The van der Waals surface area contributed by atoms with Gasteiger partial charge < -0.3 is 10.1 Å². The summed E-state index contributed by atoms with van der Waals surface area (Å²) in [5.41, 5.74) is 1.87. The third kappa shape index (κ3) is 7.24. The van der Waals surface area contributed by atoms with E-state index in [0.717, 1.165) is 24.8 Å². The second-order valence-corrected chi connectivity index (χ2v) is 13.0. The van der Waals surface area contributed by atoms with Crippen molar-refractivity contribution in [1.82, 2.24) is 14.3 Å². The van der Waals surface area contributed by atoms with Crippen LogP contribution in [-0.2, 0) is 33.0 Å². The quantitative estimate of drug-likeness (QED) is 0.364. The number of methoxy groups -OCH3 is 1. The summed E-state index contributed by atoms with van der Waals surface area (Å²) in [5, 5.41) is 2.76. The van der Waals surface area contributed by atoms with E-state index in [9.17, 15) is 21.6 Å². The van der Waals surface area contributed by atoms with Gasteiger partial charge in [-0.2, -0.15) is 4.31 Å². The van der Waals surface area contributed by atoms with Crippen molar-refractivity contribution in [3.8, 4) is 5.75 Å². The lowest BCUT2D eigenvalue weighted by Gasteiger charge is -2.25. The molecule has 0 unspecified atom stereocenters. The van der Waals surface area contributed by atoms with E-state index < -0.39 is 26.0 Å². The third-order valence-corrected chi connectivity index (χ3v) is 9.99. The second kappa shape index (κ2) is 12.7. The molecule has 11 heteroatoms. The number of carbonyl (C=O) groups is 1. The van der Waals surface area contributed by atoms with Crippen molar-refractivity contribution in [2.45, 2.75) is 42.0 Å². The van der Waals surface area contributed by atoms with Gasteiger partial charge in [0.05, 0.1) is 12.0 Å². The molecular formula is C28H33N3O6S2. The first kappa shape index (κ1) is 28.8. The van der Waals surface area contributed by atoms with Crippen molar-refractivity contribution in [3.05, 3.63) is 89.5 Å². The fourth-order valence-electron chi connectivity index (χ4n) is 4.40. The molecule has 1 fully saturated rings. The smallest absolute Gasteiger partial charge is 0.251 e. The molecule has 208 valence electrons. The maximum Gasteiger partial charge on any atom is 0.251 e. The van der Waals surface area contributed by atoms with Crippen LogP contribution < -0.4 is 14.8 Å². The van der Waals surface area contributed by atoms with Crippen molar-refractivity contribution >= 4 is 26.0 Å². The zero-order valence-electron chi connectivity index (χ0n) is 21.8. The summed E-state index contributed by atoms with van der Waals surface area (Å²) >= 11 is 0. The number of hydrogen-bond donors (Lipinski definition) is 2. The number of amides is 1. The molecule has 1 aliphatic heterocycles. The maximum atomic E-state index is 13.0. The summed E-state index contributed by atoms with van der Waals surface area (Å²) in [6.07, 6.45) is 3.28. The molecule has 1 saturated heterocycles. The van der Waals surface area contributed by atoms with Crippen molar-refractivity contribution in [2.75, 3.05) is 26.7 Å². The normalized spacial score (nSPS) is 14.6. The Morgan fingerprint density at radius 1 is 0.872 bits per heavy atom. The molecule has 4 rings (SSSR count). The minimum atomic E-state index is -3.94. The number of piperidine rings is 1. The molecule has 0 atom stereocenters. The molecular weight excluding hydrogens is 538 g/mol. The molecule has 0 aromatic heterocycles. The van der Waals surface area contributed by atoms with E-state index in [0.29, 0.717) is 25.1 Å². The van der Waals surface area contributed by atoms with Crippen molar-refractivity contribution in [1.29, 1.82) is 0 Å². The van der Waals surface area contributed by atoms with E-state index in [1.54, 1.807) is 24.3 Å². The number of nitrogens with zero attached hydrogens (tertiary/aromatic N) is 1. The molecule has 0 aliphatic carbocycles. The summed E-state index contributed by atoms with van der Waals surface area (Å²) in [4.78, 5) is 13.0. The molecule has 39 heavy (non-hydrogen) atoms.